The predicted octanol–water partition coefficient (Wildman–Crippen LogP) is 2.89. The summed E-state index contributed by atoms with van der Waals surface area (Å²) >= 11 is 6.04. The van der Waals surface area contributed by atoms with Crippen LogP contribution in [0.15, 0.2) is 47.4 Å². The summed E-state index contributed by atoms with van der Waals surface area (Å²) in [7, 11) is -2.12. The zero-order chi connectivity index (χ0) is 32.2. The molecule has 2 bridgehead atoms. The summed E-state index contributed by atoms with van der Waals surface area (Å²) in [6.07, 6.45) is 3.34. The number of pyridine rings is 2. The van der Waals surface area contributed by atoms with Crippen LogP contribution in [0.25, 0.3) is 10.9 Å². The fourth-order valence-corrected chi connectivity index (χ4v) is 6.78. The minimum absolute atomic E-state index is 0.0242. The smallest absolute Gasteiger partial charge is 0.285 e. The van der Waals surface area contributed by atoms with E-state index in [4.69, 9.17) is 21.8 Å². The van der Waals surface area contributed by atoms with Gasteiger partial charge in [-0.2, -0.15) is 5.26 Å². The molecule has 45 heavy (non-hydrogen) atoms. The van der Waals surface area contributed by atoms with Crippen LogP contribution in [0.3, 0.4) is 0 Å². The van der Waals surface area contributed by atoms with Gasteiger partial charge >= 0.3 is 0 Å². The van der Waals surface area contributed by atoms with Gasteiger partial charge in [-0.3, -0.25) is 14.2 Å². The molecule has 13 nitrogen and oxygen atoms in total. The van der Waals surface area contributed by atoms with E-state index in [1.54, 1.807) is 29.9 Å². The number of amides is 1. The van der Waals surface area contributed by atoms with Gasteiger partial charge in [0.05, 0.1) is 46.5 Å². The lowest BCUT2D eigenvalue weighted by Gasteiger charge is -2.36. The maximum atomic E-state index is 13.8. The number of hydrogen-bond acceptors (Lipinski definition) is 11. The highest BCUT2D eigenvalue weighted by molar-refractivity contribution is 7.89. The fourth-order valence-electron chi connectivity index (χ4n) is 6.20. The van der Waals surface area contributed by atoms with Gasteiger partial charge in [0, 0.05) is 31.9 Å². The molecule has 0 radical (unpaired) electrons. The van der Waals surface area contributed by atoms with Crippen molar-refractivity contribution < 1.29 is 13.2 Å². The van der Waals surface area contributed by atoms with E-state index in [2.05, 4.69) is 31.2 Å². The van der Waals surface area contributed by atoms with E-state index in [0.29, 0.717) is 35.5 Å². The molecule has 2 saturated heterocycles. The quantitative estimate of drug-likeness (QED) is 0.283. The van der Waals surface area contributed by atoms with Gasteiger partial charge in [-0.1, -0.05) is 17.7 Å². The fraction of sp³-hybridized carbons (Fsp3) is 0.333. The third-order valence-corrected chi connectivity index (χ3v) is 8.96. The first-order valence-electron chi connectivity index (χ1n) is 14.2. The van der Waals surface area contributed by atoms with Crippen molar-refractivity contribution in [2.24, 2.45) is 7.05 Å². The molecule has 0 spiro atoms. The third-order valence-electron chi connectivity index (χ3n) is 8.19. The van der Waals surface area contributed by atoms with Gasteiger partial charge in [-0.25, -0.2) is 28.1 Å². The number of fused-ring (bicyclic) bond motifs is 3. The molecule has 15 heteroatoms. The molecule has 0 unspecified atom stereocenters. The number of piperazine rings is 1. The molecule has 3 aromatic heterocycles. The molecule has 2 fully saturated rings. The van der Waals surface area contributed by atoms with Gasteiger partial charge in [-0.15, -0.1) is 0 Å². The minimum atomic E-state index is -3.84. The number of aryl methyl sites for hydroxylation is 1. The Balaban J connectivity index is 1.34. The molecule has 2 N–H and O–H groups in total. The molecule has 1 amide bonds. The predicted molar refractivity (Wildman–Crippen MR) is 171 cm³/mol. The van der Waals surface area contributed by atoms with Crippen LogP contribution in [-0.2, 0) is 17.1 Å². The first-order valence-corrected chi connectivity index (χ1v) is 16.5. The highest BCUT2D eigenvalue weighted by Gasteiger charge is 2.45. The largest absolute Gasteiger partial charge is 0.377 e. The number of halogens is 1. The Morgan fingerprint density at radius 1 is 1.13 bits per heavy atom. The Morgan fingerprint density at radius 2 is 1.87 bits per heavy atom. The van der Waals surface area contributed by atoms with E-state index in [0.717, 1.165) is 29.6 Å². The first-order chi connectivity index (χ1) is 21.3. The van der Waals surface area contributed by atoms with Crippen LogP contribution in [-0.4, -0.2) is 65.3 Å². The van der Waals surface area contributed by atoms with Crippen molar-refractivity contribution in [2.75, 3.05) is 34.5 Å². The normalized spacial score (nSPS) is 18.2. The van der Waals surface area contributed by atoms with Crippen LogP contribution in [0, 0.1) is 18.3 Å². The molecule has 6 rings (SSSR count). The van der Waals surface area contributed by atoms with Crippen LogP contribution < -0.4 is 25.4 Å². The number of sulfonamides is 1. The second kappa shape index (κ2) is 11.3. The minimum Gasteiger partial charge on any atom is -0.377 e. The molecule has 4 aromatic rings. The summed E-state index contributed by atoms with van der Waals surface area (Å²) in [4.78, 5) is 44.5. The lowest BCUT2D eigenvalue weighted by molar-refractivity contribution is 0.0977. The summed E-state index contributed by atoms with van der Waals surface area (Å²) in [5, 5.41) is 12.8. The molecule has 5 heterocycles. The number of nitrogens with one attached hydrogen (secondary N) is 2. The van der Waals surface area contributed by atoms with Gasteiger partial charge in [0.15, 0.2) is 5.69 Å². The summed E-state index contributed by atoms with van der Waals surface area (Å²) in [5.74, 6) is 0.457. The van der Waals surface area contributed by atoms with Crippen LogP contribution in [0.4, 0.5) is 17.5 Å². The van der Waals surface area contributed by atoms with Crippen molar-refractivity contribution in [2.45, 2.75) is 38.4 Å². The molecular formula is C30H30ClN9O4S. The molecule has 1 aromatic carbocycles. The van der Waals surface area contributed by atoms with Crippen LogP contribution in [0.5, 0.6) is 0 Å². The van der Waals surface area contributed by atoms with Crippen LogP contribution in [0.2, 0.25) is 5.15 Å². The lowest BCUT2D eigenvalue weighted by Crippen LogP contribution is -2.48. The Morgan fingerprint density at radius 3 is 2.51 bits per heavy atom. The van der Waals surface area contributed by atoms with Crippen molar-refractivity contribution in [3.8, 4) is 6.07 Å². The van der Waals surface area contributed by atoms with E-state index < -0.39 is 22.0 Å². The number of hydrogen-bond donors (Lipinski definition) is 2. The SMILES string of the molecule is Cc1cc([C@@H](C)Nc2ccc(Cl)nc2C(=O)NS(C)(=O)=O)c2nc(N3C[C@H]4C[C@@H]3CN4c3ccc(C#N)cn3)n(C)c(=O)c2c1. The number of aromatic nitrogens is 4. The van der Waals surface area contributed by atoms with E-state index in [1.807, 2.05) is 36.8 Å². The van der Waals surface area contributed by atoms with Crippen LogP contribution in [0.1, 0.15) is 46.6 Å². The van der Waals surface area contributed by atoms with Crippen molar-refractivity contribution in [1.82, 2.24) is 24.2 Å². The molecule has 2 aliphatic rings. The number of nitriles is 1. The Bertz CT molecular complexity index is 2060. The maximum absolute atomic E-state index is 13.8. The molecule has 0 aliphatic carbocycles. The van der Waals surface area contributed by atoms with Crippen molar-refractivity contribution in [1.29, 1.82) is 5.26 Å². The zero-order valence-electron chi connectivity index (χ0n) is 24.9. The second-order valence-electron chi connectivity index (χ2n) is 11.5. The molecule has 3 atom stereocenters. The average molecular weight is 648 g/mol. The number of carbonyl (C=O) groups excluding carboxylic acids is 1. The van der Waals surface area contributed by atoms with Crippen molar-refractivity contribution in [3.05, 3.63) is 80.5 Å². The molecule has 2 aliphatic heterocycles. The van der Waals surface area contributed by atoms with Gasteiger partial charge in [0.2, 0.25) is 16.0 Å². The summed E-state index contributed by atoms with van der Waals surface area (Å²) in [5.41, 5.74) is 2.51. The van der Waals surface area contributed by atoms with Crippen molar-refractivity contribution in [3.63, 3.8) is 0 Å². The highest BCUT2D eigenvalue weighted by Crippen LogP contribution is 2.37. The van der Waals surface area contributed by atoms with Gasteiger partial charge in [-0.05, 0) is 56.2 Å². The van der Waals surface area contributed by atoms with Crippen LogP contribution >= 0.6 is 11.6 Å². The summed E-state index contributed by atoms with van der Waals surface area (Å²) in [6, 6.07) is 12.3. The maximum Gasteiger partial charge on any atom is 0.285 e. The summed E-state index contributed by atoms with van der Waals surface area (Å²) < 4.78 is 27.0. The van der Waals surface area contributed by atoms with Gasteiger partial charge in [0.25, 0.3) is 11.5 Å². The van der Waals surface area contributed by atoms with Gasteiger partial charge in [0.1, 0.15) is 17.0 Å². The third kappa shape index (κ3) is 5.76. The highest BCUT2D eigenvalue weighted by atomic mass is 35.5. The van der Waals surface area contributed by atoms with E-state index >= 15 is 0 Å². The number of anilines is 3. The average Bonchev–Trinajstić information content (AvgIpc) is 3.60. The number of benzene rings is 1. The molecular weight excluding hydrogens is 618 g/mol. The van der Waals surface area contributed by atoms with Crippen molar-refractivity contribution >= 4 is 55.9 Å². The topological polar surface area (TPSA) is 166 Å². The molecule has 0 saturated carbocycles. The van der Waals surface area contributed by atoms with E-state index in [9.17, 15) is 18.0 Å². The number of nitrogens with zero attached hydrogens (tertiary/aromatic N) is 7. The monoisotopic (exact) mass is 647 g/mol. The van der Waals surface area contributed by atoms with E-state index in [-0.39, 0.29) is 34.2 Å². The molecule has 232 valence electrons. The lowest BCUT2D eigenvalue weighted by atomic mass is 10.0. The Hall–Kier alpha value is -4.74. The Kier molecular flexibility index (Phi) is 7.62. The van der Waals surface area contributed by atoms with Gasteiger partial charge < -0.3 is 15.1 Å². The first kappa shape index (κ1) is 30.3. The standard InChI is InChI=1S/C30H30ClN9O4S/c1-16-9-21(17(2)34-23-6-7-24(31)35-27(23)28(41)37-45(4,43)44)26-22(10-16)29(42)38(3)30(36-26)40-15-19-11-20(40)14-39(19)25-8-5-18(12-32)13-33-25/h5-10,13,17,19-20,34H,11,14-15H2,1-4H3,(H,37,41)/t17-,19-,20-/m1/s1. The second-order valence-corrected chi connectivity index (χ2v) is 13.6. The summed E-state index contributed by atoms with van der Waals surface area (Å²) in [6.45, 7) is 5.11. The zero-order valence-corrected chi connectivity index (χ0v) is 26.5. The number of rotatable bonds is 7. The van der Waals surface area contributed by atoms with E-state index in [1.165, 1.54) is 6.07 Å². The Labute approximate surface area is 264 Å². The number of carbonyl (C=O) groups is 1.